The lowest BCUT2D eigenvalue weighted by Crippen LogP contribution is -2.38. The van der Waals surface area contributed by atoms with E-state index in [4.69, 9.17) is 4.74 Å². The summed E-state index contributed by atoms with van der Waals surface area (Å²) < 4.78 is 5.52. The SMILES string of the molecule is Br.c1cc2c(cc1CCNC1=NCCCCN1)CCO2. The maximum atomic E-state index is 5.52. The van der Waals surface area contributed by atoms with Gasteiger partial charge in [0.15, 0.2) is 5.96 Å². The lowest BCUT2D eigenvalue weighted by atomic mass is 10.1. The van der Waals surface area contributed by atoms with E-state index in [0.717, 1.165) is 50.8 Å². The Kier molecular flexibility index (Phi) is 5.71. The predicted molar refractivity (Wildman–Crippen MR) is 87.2 cm³/mol. The first-order chi connectivity index (χ1) is 9.42. The van der Waals surface area contributed by atoms with Gasteiger partial charge in [-0.05, 0) is 36.5 Å². The van der Waals surface area contributed by atoms with Gasteiger partial charge in [0.2, 0.25) is 0 Å². The van der Waals surface area contributed by atoms with Crippen LogP contribution in [0.3, 0.4) is 0 Å². The van der Waals surface area contributed by atoms with Crippen LogP contribution in [0.2, 0.25) is 0 Å². The first kappa shape index (κ1) is 15.2. The molecule has 0 saturated heterocycles. The first-order valence-corrected chi connectivity index (χ1v) is 7.18. The van der Waals surface area contributed by atoms with E-state index in [1.54, 1.807) is 0 Å². The summed E-state index contributed by atoms with van der Waals surface area (Å²) >= 11 is 0. The van der Waals surface area contributed by atoms with Gasteiger partial charge in [-0.25, -0.2) is 0 Å². The fourth-order valence-corrected chi connectivity index (χ4v) is 2.53. The van der Waals surface area contributed by atoms with Gasteiger partial charge in [-0.3, -0.25) is 4.99 Å². The third-order valence-corrected chi connectivity index (χ3v) is 3.61. The van der Waals surface area contributed by atoms with E-state index in [2.05, 4.69) is 33.8 Å². The summed E-state index contributed by atoms with van der Waals surface area (Å²) in [6.45, 7) is 3.72. The predicted octanol–water partition coefficient (Wildman–Crippen LogP) is 2.07. The molecule has 2 aliphatic heterocycles. The van der Waals surface area contributed by atoms with Crippen LogP contribution in [-0.2, 0) is 12.8 Å². The van der Waals surface area contributed by atoms with Gasteiger partial charge in [0, 0.05) is 26.1 Å². The number of fused-ring (bicyclic) bond motifs is 1. The molecule has 4 nitrogen and oxygen atoms in total. The number of nitrogens with zero attached hydrogens (tertiary/aromatic N) is 1. The maximum absolute atomic E-state index is 5.52. The Morgan fingerprint density at radius 1 is 1.30 bits per heavy atom. The number of ether oxygens (including phenoxy) is 1. The van der Waals surface area contributed by atoms with Crippen molar-refractivity contribution < 1.29 is 4.74 Å². The van der Waals surface area contributed by atoms with Crippen LogP contribution in [0.25, 0.3) is 0 Å². The number of hydrogen-bond acceptors (Lipinski definition) is 4. The third kappa shape index (κ3) is 3.88. The molecule has 20 heavy (non-hydrogen) atoms. The summed E-state index contributed by atoms with van der Waals surface area (Å²) in [6.07, 6.45) is 4.46. The largest absolute Gasteiger partial charge is 0.493 e. The molecule has 5 heteroatoms. The quantitative estimate of drug-likeness (QED) is 0.886. The van der Waals surface area contributed by atoms with Crippen molar-refractivity contribution >= 4 is 22.9 Å². The topological polar surface area (TPSA) is 45.7 Å². The Balaban J connectivity index is 0.00000147. The highest BCUT2D eigenvalue weighted by atomic mass is 79.9. The summed E-state index contributed by atoms with van der Waals surface area (Å²) in [4.78, 5) is 4.49. The second-order valence-electron chi connectivity index (χ2n) is 5.08. The normalized spacial score (nSPS) is 16.9. The molecule has 2 heterocycles. The molecule has 0 aromatic heterocycles. The smallest absolute Gasteiger partial charge is 0.191 e. The van der Waals surface area contributed by atoms with Crippen molar-refractivity contribution in [2.24, 2.45) is 4.99 Å². The Labute approximate surface area is 130 Å². The molecule has 3 rings (SSSR count). The number of rotatable bonds is 3. The van der Waals surface area contributed by atoms with E-state index in [1.165, 1.54) is 24.0 Å². The zero-order valence-electron chi connectivity index (χ0n) is 11.7. The molecular formula is C15H22BrN3O. The van der Waals surface area contributed by atoms with Gasteiger partial charge in [0.1, 0.15) is 5.75 Å². The molecule has 2 N–H and O–H groups in total. The van der Waals surface area contributed by atoms with Crippen LogP contribution in [0, 0.1) is 0 Å². The Bertz CT molecular complexity index is 476. The van der Waals surface area contributed by atoms with E-state index in [-0.39, 0.29) is 17.0 Å². The summed E-state index contributed by atoms with van der Waals surface area (Å²) in [6, 6.07) is 6.53. The van der Waals surface area contributed by atoms with E-state index in [0.29, 0.717) is 0 Å². The highest BCUT2D eigenvalue weighted by molar-refractivity contribution is 8.93. The van der Waals surface area contributed by atoms with Gasteiger partial charge < -0.3 is 15.4 Å². The van der Waals surface area contributed by atoms with E-state index >= 15 is 0 Å². The molecule has 0 unspecified atom stereocenters. The molecule has 1 aromatic carbocycles. The van der Waals surface area contributed by atoms with Crippen LogP contribution in [0.1, 0.15) is 24.0 Å². The molecule has 0 radical (unpaired) electrons. The molecule has 0 aliphatic carbocycles. The third-order valence-electron chi connectivity index (χ3n) is 3.61. The van der Waals surface area contributed by atoms with Crippen LogP contribution in [0.5, 0.6) is 5.75 Å². The number of halogens is 1. The second-order valence-corrected chi connectivity index (χ2v) is 5.08. The fourth-order valence-electron chi connectivity index (χ4n) is 2.53. The van der Waals surface area contributed by atoms with Crippen LogP contribution in [0.4, 0.5) is 0 Å². The summed E-state index contributed by atoms with van der Waals surface area (Å²) in [5, 5.41) is 6.71. The minimum atomic E-state index is 0. The van der Waals surface area contributed by atoms with Crippen LogP contribution < -0.4 is 15.4 Å². The van der Waals surface area contributed by atoms with Gasteiger partial charge in [0.25, 0.3) is 0 Å². The zero-order chi connectivity index (χ0) is 12.9. The number of aliphatic imine (C=N–C) groups is 1. The Morgan fingerprint density at radius 2 is 2.25 bits per heavy atom. The summed E-state index contributed by atoms with van der Waals surface area (Å²) in [7, 11) is 0. The van der Waals surface area contributed by atoms with Gasteiger partial charge in [-0.15, -0.1) is 17.0 Å². The highest BCUT2D eigenvalue weighted by Crippen LogP contribution is 2.25. The Morgan fingerprint density at radius 3 is 3.20 bits per heavy atom. The average molecular weight is 340 g/mol. The van der Waals surface area contributed by atoms with Crippen molar-refractivity contribution in [3.63, 3.8) is 0 Å². The molecule has 1 aromatic rings. The molecule has 0 saturated carbocycles. The van der Waals surface area contributed by atoms with Crippen molar-refractivity contribution in [1.82, 2.24) is 10.6 Å². The fraction of sp³-hybridized carbons (Fsp3) is 0.533. The maximum Gasteiger partial charge on any atom is 0.191 e. The van der Waals surface area contributed by atoms with Crippen LogP contribution in [0.15, 0.2) is 23.2 Å². The lowest BCUT2D eigenvalue weighted by Gasteiger charge is -2.10. The minimum absolute atomic E-state index is 0. The van der Waals surface area contributed by atoms with Gasteiger partial charge in [-0.1, -0.05) is 12.1 Å². The van der Waals surface area contributed by atoms with Crippen molar-refractivity contribution in [1.29, 1.82) is 0 Å². The number of guanidine groups is 1. The van der Waals surface area contributed by atoms with Gasteiger partial charge in [0.05, 0.1) is 6.61 Å². The average Bonchev–Trinajstić information content (AvgIpc) is 2.74. The van der Waals surface area contributed by atoms with Gasteiger partial charge >= 0.3 is 0 Å². The minimum Gasteiger partial charge on any atom is -0.493 e. The molecular weight excluding hydrogens is 318 g/mol. The lowest BCUT2D eigenvalue weighted by molar-refractivity contribution is 0.357. The van der Waals surface area contributed by atoms with Gasteiger partial charge in [-0.2, -0.15) is 0 Å². The number of hydrogen-bond donors (Lipinski definition) is 2. The number of benzene rings is 1. The van der Waals surface area contributed by atoms with Crippen LogP contribution >= 0.6 is 17.0 Å². The van der Waals surface area contributed by atoms with Crippen molar-refractivity contribution in [3.8, 4) is 5.75 Å². The second kappa shape index (κ2) is 7.53. The molecule has 0 spiro atoms. The molecule has 0 atom stereocenters. The highest BCUT2D eigenvalue weighted by Gasteiger charge is 2.11. The molecule has 0 bridgehead atoms. The van der Waals surface area contributed by atoms with Crippen molar-refractivity contribution in [2.75, 3.05) is 26.2 Å². The number of nitrogens with one attached hydrogen (secondary N) is 2. The monoisotopic (exact) mass is 339 g/mol. The standard InChI is InChI=1S/C15H21N3O.BrH/c1-2-8-17-15(16-7-1)18-9-5-12-3-4-14-13(11-12)6-10-19-14;/h3-4,11H,1-2,5-10H2,(H2,16,17,18);1H. The zero-order valence-corrected chi connectivity index (χ0v) is 13.4. The van der Waals surface area contributed by atoms with Crippen molar-refractivity contribution in [3.05, 3.63) is 29.3 Å². The molecule has 2 aliphatic rings. The van der Waals surface area contributed by atoms with Crippen LogP contribution in [-0.4, -0.2) is 32.2 Å². The molecule has 110 valence electrons. The first-order valence-electron chi connectivity index (χ1n) is 7.18. The Hall–Kier alpha value is -1.23. The van der Waals surface area contributed by atoms with E-state index < -0.39 is 0 Å². The molecule has 0 amide bonds. The summed E-state index contributed by atoms with van der Waals surface area (Å²) in [5.74, 6) is 2.02. The molecule has 0 fully saturated rings. The van der Waals surface area contributed by atoms with E-state index in [9.17, 15) is 0 Å². The summed E-state index contributed by atoms with van der Waals surface area (Å²) in [5.41, 5.74) is 2.72. The van der Waals surface area contributed by atoms with Crippen molar-refractivity contribution in [2.45, 2.75) is 25.7 Å². The van der Waals surface area contributed by atoms with E-state index in [1.807, 2.05) is 0 Å².